The van der Waals surface area contributed by atoms with E-state index in [1.54, 1.807) is 11.8 Å². The van der Waals surface area contributed by atoms with Crippen LogP contribution in [-0.4, -0.2) is 22.3 Å². The second-order valence-electron chi connectivity index (χ2n) is 3.64. The van der Waals surface area contributed by atoms with E-state index in [0.29, 0.717) is 0 Å². The minimum Gasteiger partial charge on any atom is -0.310 e. The Morgan fingerprint density at radius 2 is 2.00 bits per heavy atom. The molecule has 0 aliphatic heterocycles. The average Bonchev–Trinajstić information content (AvgIpc) is 2.42. The lowest BCUT2D eigenvalue weighted by atomic mass is 10.3. The van der Waals surface area contributed by atoms with Gasteiger partial charge in [-0.1, -0.05) is 6.07 Å². The van der Waals surface area contributed by atoms with Gasteiger partial charge in [-0.2, -0.15) is 0 Å². The molecule has 5 heteroatoms. The molecule has 0 aromatic carbocycles. The second-order valence-corrected chi connectivity index (χ2v) is 5.57. The molecule has 0 bridgehead atoms. The molecule has 0 aliphatic rings. The molecule has 2 rings (SSSR count). The zero-order valence-electron chi connectivity index (χ0n) is 9.84. The molecule has 18 heavy (non-hydrogen) atoms. The highest BCUT2D eigenvalue weighted by molar-refractivity contribution is 9.10. The van der Waals surface area contributed by atoms with E-state index >= 15 is 0 Å². The molecule has 0 spiro atoms. The van der Waals surface area contributed by atoms with Crippen LogP contribution >= 0.6 is 27.7 Å². The standard InChI is InChI=1S/C13H14BrN3S/c14-12-5-3-7-17-13(12)18-9-8-15-10-11-4-1-2-6-16-11/h1-7,15H,8-10H2. The van der Waals surface area contributed by atoms with E-state index in [2.05, 4.69) is 31.2 Å². The smallest absolute Gasteiger partial charge is 0.110 e. The van der Waals surface area contributed by atoms with Crippen LogP contribution in [0.5, 0.6) is 0 Å². The first kappa shape index (κ1) is 13.5. The summed E-state index contributed by atoms with van der Waals surface area (Å²) in [4.78, 5) is 8.57. The number of nitrogens with zero attached hydrogens (tertiary/aromatic N) is 2. The molecule has 0 saturated carbocycles. The second kappa shape index (κ2) is 7.51. The third-order valence-electron chi connectivity index (χ3n) is 2.27. The van der Waals surface area contributed by atoms with E-state index in [4.69, 9.17) is 0 Å². The van der Waals surface area contributed by atoms with Crippen LogP contribution in [-0.2, 0) is 6.54 Å². The van der Waals surface area contributed by atoms with Gasteiger partial charge < -0.3 is 5.32 Å². The maximum atomic E-state index is 4.31. The quantitative estimate of drug-likeness (QED) is 0.654. The number of hydrogen-bond acceptors (Lipinski definition) is 4. The minimum absolute atomic E-state index is 0.810. The highest BCUT2D eigenvalue weighted by atomic mass is 79.9. The maximum absolute atomic E-state index is 4.31. The molecule has 2 heterocycles. The summed E-state index contributed by atoms with van der Waals surface area (Å²) in [6.45, 7) is 1.75. The summed E-state index contributed by atoms with van der Waals surface area (Å²) in [5, 5.41) is 4.40. The van der Waals surface area contributed by atoms with Gasteiger partial charge in [-0.3, -0.25) is 4.98 Å². The largest absolute Gasteiger partial charge is 0.310 e. The highest BCUT2D eigenvalue weighted by Gasteiger charge is 2.00. The van der Waals surface area contributed by atoms with Crippen LogP contribution in [0.25, 0.3) is 0 Å². The maximum Gasteiger partial charge on any atom is 0.110 e. The van der Waals surface area contributed by atoms with Gasteiger partial charge in [-0.05, 0) is 40.2 Å². The van der Waals surface area contributed by atoms with Gasteiger partial charge in [0.2, 0.25) is 0 Å². The number of pyridine rings is 2. The van der Waals surface area contributed by atoms with Crippen molar-refractivity contribution in [1.82, 2.24) is 15.3 Å². The first-order valence-electron chi connectivity index (χ1n) is 5.70. The van der Waals surface area contributed by atoms with Crippen LogP contribution in [0.4, 0.5) is 0 Å². The molecular formula is C13H14BrN3S. The van der Waals surface area contributed by atoms with Crippen molar-refractivity contribution in [2.24, 2.45) is 0 Å². The lowest BCUT2D eigenvalue weighted by molar-refractivity contribution is 0.715. The zero-order chi connectivity index (χ0) is 12.6. The van der Waals surface area contributed by atoms with E-state index in [-0.39, 0.29) is 0 Å². The number of halogens is 1. The Morgan fingerprint density at radius 3 is 2.78 bits per heavy atom. The lowest BCUT2D eigenvalue weighted by Gasteiger charge is -2.05. The number of nitrogens with one attached hydrogen (secondary N) is 1. The molecule has 0 fully saturated rings. The normalized spacial score (nSPS) is 10.5. The molecule has 0 radical (unpaired) electrons. The summed E-state index contributed by atoms with van der Waals surface area (Å²) < 4.78 is 1.06. The molecule has 0 amide bonds. The molecule has 2 aromatic heterocycles. The molecule has 0 aliphatic carbocycles. The Labute approximate surface area is 120 Å². The monoisotopic (exact) mass is 323 g/mol. The van der Waals surface area contributed by atoms with Crippen LogP contribution in [0.1, 0.15) is 5.69 Å². The van der Waals surface area contributed by atoms with Crippen molar-refractivity contribution in [3.63, 3.8) is 0 Å². The van der Waals surface area contributed by atoms with Crippen molar-refractivity contribution in [1.29, 1.82) is 0 Å². The number of rotatable bonds is 6. The van der Waals surface area contributed by atoms with Gasteiger partial charge in [0, 0.05) is 35.7 Å². The summed E-state index contributed by atoms with van der Waals surface area (Å²) in [7, 11) is 0. The summed E-state index contributed by atoms with van der Waals surface area (Å²) in [6.07, 6.45) is 3.63. The molecule has 0 saturated heterocycles. The van der Waals surface area contributed by atoms with Gasteiger partial charge in [0.1, 0.15) is 5.03 Å². The summed E-state index contributed by atoms with van der Waals surface area (Å²) in [5.74, 6) is 0.989. The number of thioether (sulfide) groups is 1. The van der Waals surface area contributed by atoms with Crippen LogP contribution < -0.4 is 5.32 Å². The molecule has 3 nitrogen and oxygen atoms in total. The predicted molar refractivity (Wildman–Crippen MR) is 78.6 cm³/mol. The van der Waals surface area contributed by atoms with Crippen molar-refractivity contribution >= 4 is 27.7 Å². The average molecular weight is 324 g/mol. The molecule has 2 aromatic rings. The lowest BCUT2D eigenvalue weighted by Crippen LogP contribution is -2.17. The fourth-order valence-corrected chi connectivity index (χ4v) is 2.80. The van der Waals surface area contributed by atoms with E-state index in [0.717, 1.165) is 34.0 Å². The van der Waals surface area contributed by atoms with E-state index in [1.165, 1.54) is 0 Å². The van der Waals surface area contributed by atoms with Gasteiger partial charge in [0.05, 0.1) is 5.69 Å². The minimum atomic E-state index is 0.810. The summed E-state index contributed by atoms with van der Waals surface area (Å²) >= 11 is 5.23. The van der Waals surface area contributed by atoms with Crippen LogP contribution in [0.3, 0.4) is 0 Å². The van der Waals surface area contributed by atoms with Crippen LogP contribution in [0.2, 0.25) is 0 Å². The first-order chi connectivity index (χ1) is 8.86. The van der Waals surface area contributed by atoms with E-state index < -0.39 is 0 Å². The highest BCUT2D eigenvalue weighted by Crippen LogP contribution is 2.23. The van der Waals surface area contributed by atoms with Crippen molar-refractivity contribution < 1.29 is 0 Å². The van der Waals surface area contributed by atoms with Crippen molar-refractivity contribution in [2.75, 3.05) is 12.3 Å². The molecule has 0 unspecified atom stereocenters. The van der Waals surface area contributed by atoms with Crippen LogP contribution in [0.15, 0.2) is 52.2 Å². The van der Waals surface area contributed by atoms with E-state index in [1.807, 2.05) is 42.7 Å². The van der Waals surface area contributed by atoms with Gasteiger partial charge in [-0.15, -0.1) is 11.8 Å². The van der Waals surface area contributed by atoms with Crippen molar-refractivity contribution in [3.05, 3.63) is 52.9 Å². The fourth-order valence-electron chi connectivity index (χ4n) is 1.42. The predicted octanol–water partition coefficient (Wildman–Crippen LogP) is 3.12. The summed E-state index contributed by atoms with van der Waals surface area (Å²) in [5.41, 5.74) is 1.07. The molecule has 0 atom stereocenters. The Morgan fingerprint density at radius 1 is 1.11 bits per heavy atom. The van der Waals surface area contributed by atoms with Gasteiger partial charge in [-0.25, -0.2) is 4.98 Å². The van der Waals surface area contributed by atoms with Gasteiger partial charge >= 0.3 is 0 Å². The zero-order valence-corrected chi connectivity index (χ0v) is 12.2. The molecule has 1 N–H and O–H groups in total. The Hall–Kier alpha value is -0.910. The third-order valence-corrected chi connectivity index (χ3v) is 4.18. The van der Waals surface area contributed by atoms with Crippen LogP contribution in [0, 0.1) is 0 Å². The fraction of sp³-hybridized carbons (Fsp3) is 0.231. The van der Waals surface area contributed by atoms with Crippen molar-refractivity contribution in [2.45, 2.75) is 11.6 Å². The van der Waals surface area contributed by atoms with Gasteiger partial charge in [0.15, 0.2) is 0 Å². The number of aromatic nitrogens is 2. The Balaban J connectivity index is 1.66. The molecule has 94 valence electrons. The number of hydrogen-bond donors (Lipinski definition) is 1. The Kier molecular flexibility index (Phi) is 5.64. The Bertz CT molecular complexity index is 479. The van der Waals surface area contributed by atoms with E-state index in [9.17, 15) is 0 Å². The summed E-state index contributed by atoms with van der Waals surface area (Å²) in [6, 6.07) is 9.89. The molecular weight excluding hydrogens is 310 g/mol. The topological polar surface area (TPSA) is 37.8 Å². The van der Waals surface area contributed by atoms with Gasteiger partial charge in [0.25, 0.3) is 0 Å². The third kappa shape index (κ3) is 4.40. The first-order valence-corrected chi connectivity index (χ1v) is 7.48. The van der Waals surface area contributed by atoms with Crippen molar-refractivity contribution in [3.8, 4) is 0 Å². The SMILES string of the molecule is Brc1cccnc1SCCNCc1ccccn1.